The molecule has 0 aromatic heterocycles. The van der Waals surface area contributed by atoms with Gasteiger partial charge >= 0.3 is 0 Å². The van der Waals surface area contributed by atoms with Crippen LogP contribution in [0.5, 0.6) is 5.75 Å². The number of nitrogens with one attached hydrogen (secondary N) is 1. The van der Waals surface area contributed by atoms with Crippen molar-refractivity contribution in [3.05, 3.63) is 59.0 Å². The Hall–Kier alpha value is -3.06. The lowest BCUT2D eigenvalue weighted by atomic mass is 10.1. The van der Waals surface area contributed by atoms with Gasteiger partial charge in [-0.25, -0.2) is 4.90 Å². The second-order valence-electron chi connectivity index (χ2n) is 5.74. The molecule has 0 unspecified atom stereocenters. The van der Waals surface area contributed by atoms with Gasteiger partial charge in [0.15, 0.2) is 0 Å². The Morgan fingerprint density at radius 2 is 1.62 bits per heavy atom. The number of thioether (sulfide) groups is 1. The van der Waals surface area contributed by atoms with E-state index in [-0.39, 0.29) is 16.9 Å². The fraction of sp³-hybridized carbons (Fsp3) is 0.105. The number of nitrogens with zero attached hydrogens (tertiary/aromatic N) is 1. The second-order valence-corrected chi connectivity index (χ2v) is 6.70. The van der Waals surface area contributed by atoms with Crippen LogP contribution in [0.1, 0.15) is 19.4 Å². The smallest absolute Gasteiger partial charge is 0.298 e. The van der Waals surface area contributed by atoms with Gasteiger partial charge in [-0.2, -0.15) is 0 Å². The number of aromatic hydroxyl groups is 1. The van der Waals surface area contributed by atoms with E-state index in [1.807, 2.05) is 0 Å². The molecule has 1 heterocycles. The zero-order valence-corrected chi connectivity index (χ0v) is 15.0. The number of carbonyl (C=O) groups excluding carboxylic acids is 3. The molecule has 26 heavy (non-hydrogen) atoms. The molecule has 0 saturated carbocycles. The van der Waals surface area contributed by atoms with Gasteiger partial charge in [0.05, 0.1) is 10.6 Å². The molecule has 6 nitrogen and oxygen atoms in total. The highest BCUT2D eigenvalue weighted by Gasteiger charge is 2.37. The number of anilines is 2. The van der Waals surface area contributed by atoms with E-state index < -0.39 is 5.91 Å². The first kappa shape index (κ1) is 17.8. The maximum atomic E-state index is 12.8. The summed E-state index contributed by atoms with van der Waals surface area (Å²) in [5, 5.41) is 11.6. The highest BCUT2D eigenvalue weighted by atomic mass is 32.2. The number of allylic oxidation sites excluding steroid dienone is 1. The van der Waals surface area contributed by atoms with Crippen LogP contribution in [0.15, 0.2) is 53.4 Å². The molecule has 1 fully saturated rings. The van der Waals surface area contributed by atoms with E-state index in [4.69, 9.17) is 0 Å². The van der Waals surface area contributed by atoms with Crippen LogP contribution >= 0.6 is 11.8 Å². The fourth-order valence-corrected chi connectivity index (χ4v) is 3.46. The van der Waals surface area contributed by atoms with Gasteiger partial charge in [0.25, 0.3) is 11.1 Å². The van der Waals surface area contributed by atoms with Crippen LogP contribution in [0.2, 0.25) is 0 Å². The monoisotopic (exact) mass is 368 g/mol. The summed E-state index contributed by atoms with van der Waals surface area (Å²) in [7, 11) is 0. The van der Waals surface area contributed by atoms with Gasteiger partial charge in [-0.3, -0.25) is 14.4 Å². The van der Waals surface area contributed by atoms with E-state index in [1.54, 1.807) is 43.3 Å². The third kappa shape index (κ3) is 3.48. The maximum absolute atomic E-state index is 12.8. The zero-order valence-electron chi connectivity index (χ0n) is 14.1. The van der Waals surface area contributed by atoms with E-state index in [9.17, 15) is 19.5 Å². The fourth-order valence-electron chi connectivity index (χ4n) is 2.56. The van der Waals surface area contributed by atoms with E-state index in [2.05, 4.69) is 5.32 Å². The molecule has 3 rings (SSSR count). The SMILES string of the molecule is CC(=O)Nc1ccc(N2C(=O)S/C(=C(/C)c3ccc(O)cc3)C2=O)cc1. The molecule has 1 saturated heterocycles. The van der Waals surface area contributed by atoms with E-state index in [1.165, 1.54) is 19.1 Å². The van der Waals surface area contributed by atoms with E-state index in [0.29, 0.717) is 21.9 Å². The Labute approximate surface area is 154 Å². The van der Waals surface area contributed by atoms with Gasteiger partial charge in [0.2, 0.25) is 5.91 Å². The third-order valence-corrected chi connectivity index (χ3v) is 4.90. The summed E-state index contributed by atoms with van der Waals surface area (Å²) >= 11 is 0.883. The Morgan fingerprint density at radius 3 is 2.19 bits per heavy atom. The van der Waals surface area contributed by atoms with Crippen LogP contribution in [0.4, 0.5) is 16.2 Å². The number of phenols is 1. The predicted octanol–water partition coefficient (Wildman–Crippen LogP) is 3.98. The number of hydrogen-bond donors (Lipinski definition) is 2. The van der Waals surface area contributed by atoms with Gasteiger partial charge in [-0.1, -0.05) is 12.1 Å². The Bertz CT molecular complexity index is 918. The quantitative estimate of drug-likeness (QED) is 0.800. The van der Waals surface area contributed by atoms with Crippen LogP contribution < -0.4 is 10.2 Å². The lowest BCUT2D eigenvalue weighted by Crippen LogP contribution is -2.27. The topological polar surface area (TPSA) is 86.7 Å². The largest absolute Gasteiger partial charge is 0.508 e. The minimum atomic E-state index is -0.391. The number of carbonyl (C=O) groups is 3. The molecule has 2 aromatic carbocycles. The van der Waals surface area contributed by atoms with E-state index in [0.717, 1.165) is 22.2 Å². The van der Waals surface area contributed by atoms with Crippen molar-refractivity contribution in [3.8, 4) is 5.75 Å². The molecule has 1 aliphatic heterocycles. The molecule has 7 heteroatoms. The molecule has 0 aliphatic carbocycles. The molecule has 0 radical (unpaired) electrons. The maximum Gasteiger partial charge on any atom is 0.298 e. The van der Waals surface area contributed by atoms with E-state index >= 15 is 0 Å². The minimum Gasteiger partial charge on any atom is -0.508 e. The summed E-state index contributed by atoms with van der Waals surface area (Å²) in [6, 6.07) is 12.9. The lowest BCUT2D eigenvalue weighted by Gasteiger charge is -2.13. The molecule has 0 bridgehead atoms. The summed E-state index contributed by atoms with van der Waals surface area (Å²) in [4.78, 5) is 37.7. The predicted molar refractivity (Wildman–Crippen MR) is 102 cm³/mol. The first-order chi connectivity index (χ1) is 12.4. The molecular formula is C19H16N2O4S. The summed E-state index contributed by atoms with van der Waals surface area (Å²) in [5.41, 5.74) is 2.46. The number of benzene rings is 2. The van der Waals surface area contributed by atoms with Gasteiger partial charge in [-0.05, 0) is 66.2 Å². The van der Waals surface area contributed by atoms with Gasteiger partial charge in [0, 0.05) is 12.6 Å². The number of rotatable bonds is 3. The highest BCUT2D eigenvalue weighted by molar-refractivity contribution is 8.19. The molecule has 2 aromatic rings. The summed E-state index contributed by atoms with van der Waals surface area (Å²) in [6.07, 6.45) is 0. The molecule has 132 valence electrons. The van der Waals surface area contributed by atoms with Crippen LogP contribution in [-0.4, -0.2) is 22.2 Å². The number of phenolic OH excluding ortho intramolecular Hbond substituents is 1. The standard InChI is InChI=1S/C19H16N2O4S/c1-11(13-3-9-16(23)10-4-13)17-18(24)21(19(25)26-17)15-7-5-14(6-8-15)20-12(2)22/h3-10,23H,1-2H3,(H,20,22)/b17-11-. The Morgan fingerprint density at radius 1 is 1.00 bits per heavy atom. The number of imide groups is 1. The number of amides is 3. The van der Waals surface area contributed by atoms with Crippen molar-refractivity contribution in [1.29, 1.82) is 0 Å². The Balaban J connectivity index is 1.90. The average Bonchev–Trinajstić information content (AvgIpc) is 2.90. The van der Waals surface area contributed by atoms with Crippen molar-refractivity contribution < 1.29 is 19.5 Å². The summed E-state index contributed by atoms with van der Waals surface area (Å²) in [5.74, 6) is -0.455. The van der Waals surface area contributed by atoms with Crippen LogP contribution in [0.25, 0.3) is 5.57 Å². The second kappa shape index (κ2) is 7.05. The lowest BCUT2D eigenvalue weighted by molar-refractivity contribution is -0.114. The zero-order chi connectivity index (χ0) is 18.8. The molecule has 1 aliphatic rings. The van der Waals surface area contributed by atoms with Gasteiger partial charge in [-0.15, -0.1) is 0 Å². The van der Waals surface area contributed by atoms with Crippen molar-refractivity contribution >= 4 is 45.8 Å². The summed E-state index contributed by atoms with van der Waals surface area (Å²) < 4.78 is 0. The first-order valence-electron chi connectivity index (χ1n) is 7.81. The normalized spacial score (nSPS) is 16.0. The van der Waals surface area contributed by atoms with Crippen molar-refractivity contribution in [3.63, 3.8) is 0 Å². The van der Waals surface area contributed by atoms with Crippen LogP contribution in [-0.2, 0) is 9.59 Å². The number of hydrogen-bond acceptors (Lipinski definition) is 5. The average molecular weight is 368 g/mol. The van der Waals surface area contributed by atoms with Crippen LogP contribution in [0.3, 0.4) is 0 Å². The Kier molecular flexibility index (Phi) is 4.81. The molecule has 0 spiro atoms. The first-order valence-corrected chi connectivity index (χ1v) is 8.62. The van der Waals surface area contributed by atoms with Crippen molar-refractivity contribution in [2.45, 2.75) is 13.8 Å². The van der Waals surface area contributed by atoms with Crippen molar-refractivity contribution in [1.82, 2.24) is 0 Å². The minimum absolute atomic E-state index is 0.133. The van der Waals surface area contributed by atoms with Crippen molar-refractivity contribution in [2.75, 3.05) is 10.2 Å². The highest BCUT2D eigenvalue weighted by Crippen LogP contribution is 2.39. The third-order valence-electron chi connectivity index (χ3n) is 3.86. The van der Waals surface area contributed by atoms with Gasteiger partial charge < -0.3 is 10.4 Å². The van der Waals surface area contributed by atoms with Gasteiger partial charge in [0.1, 0.15) is 5.75 Å². The van der Waals surface area contributed by atoms with Crippen LogP contribution in [0, 0.1) is 0 Å². The molecule has 3 amide bonds. The summed E-state index contributed by atoms with van der Waals surface area (Å²) in [6.45, 7) is 3.17. The van der Waals surface area contributed by atoms with Crippen molar-refractivity contribution in [2.24, 2.45) is 0 Å². The molecule has 0 atom stereocenters. The molecular weight excluding hydrogens is 352 g/mol. The molecule has 2 N–H and O–H groups in total.